The van der Waals surface area contributed by atoms with E-state index in [0.717, 1.165) is 18.1 Å². The van der Waals surface area contributed by atoms with Gasteiger partial charge in [0.25, 0.3) is 0 Å². The van der Waals surface area contributed by atoms with Crippen LogP contribution in [0, 0.1) is 0 Å². The molecule has 1 aliphatic heterocycles. The monoisotopic (exact) mass is 251 g/mol. The van der Waals surface area contributed by atoms with Gasteiger partial charge in [-0.1, -0.05) is 6.92 Å². The Morgan fingerprint density at radius 3 is 2.33 bits per heavy atom. The average Bonchev–Trinajstić information content (AvgIpc) is 3.13. The van der Waals surface area contributed by atoms with E-state index in [-0.39, 0.29) is 0 Å². The smallest absolute Gasteiger partial charge is 0.0238 e. The van der Waals surface area contributed by atoms with Crippen LogP contribution >= 0.6 is 0 Å². The van der Waals surface area contributed by atoms with Crippen molar-refractivity contribution in [1.82, 2.24) is 9.80 Å². The second-order valence-corrected chi connectivity index (χ2v) is 6.57. The summed E-state index contributed by atoms with van der Waals surface area (Å²) in [6, 6.07) is 3.08. The molecule has 104 valence electrons. The summed E-state index contributed by atoms with van der Waals surface area (Å²) in [5, 5.41) is 0. The van der Waals surface area contributed by atoms with Crippen molar-refractivity contribution in [3.63, 3.8) is 0 Å². The van der Waals surface area contributed by atoms with Crippen LogP contribution in [0.3, 0.4) is 0 Å². The number of rotatable bonds is 4. The average molecular weight is 251 g/mol. The van der Waals surface area contributed by atoms with Gasteiger partial charge in [0.05, 0.1) is 0 Å². The molecule has 1 saturated heterocycles. The van der Waals surface area contributed by atoms with Crippen molar-refractivity contribution in [3.05, 3.63) is 0 Å². The minimum atomic E-state index is 0.478. The van der Waals surface area contributed by atoms with Gasteiger partial charge < -0.3 is 5.73 Å². The Labute approximate surface area is 112 Å². The van der Waals surface area contributed by atoms with E-state index < -0.39 is 0 Å². The summed E-state index contributed by atoms with van der Waals surface area (Å²) >= 11 is 0. The topological polar surface area (TPSA) is 32.5 Å². The fourth-order valence-electron chi connectivity index (χ4n) is 4.06. The Bertz CT molecular complexity index is 269. The molecule has 0 radical (unpaired) electrons. The summed E-state index contributed by atoms with van der Waals surface area (Å²) in [7, 11) is 0. The van der Waals surface area contributed by atoms with Crippen molar-refractivity contribution in [1.29, 1.82) is 0 Å². The van der Waals surface area contributed by atoms with E-state index in [1.807, 2.05) is 0 Å². The lowest BCUT2D eigenvalue weighted by molar-refractivity contribution is 0.107. The third-order valence-corrected chi connectivity index (χ3v) is 5.30. The first-order valence-electron chi connectivity index (χ1n) is 8.03. The van der Waals surface area contributed by atoms with Gasteiger partial charge in [0.2, 0.25) is 0 Å². The van der Waals surface area contributed by atoms with E-state index in [0.29, 0.717) is 6.04 Å². The Morgan fingerprint density at radius 2 is 1.72 bits per heavy atom. The summed E-state index contributed by atoms with van der Waals surface area (Å²) in [6.45, 7) is 6.25. The number of hydrogen-bond acceptors (Lipinski definition) is 3. The normalized spacial score (nSPS) is 38.5. The van der Waals surface area contributed by atoms with Gasteiger partial charge in [-0.05, 0) is 51.5 Å². The predicted octanol–water partition coefficient (Wildman–Crippen LogP) is 1.81. The molecule has 2 N–H and O–H groups in total. The molecule has 3 aliphatic rings. The molecule has 0 aromatic rings. The van der Waals surface area contributed by atoms with Crippen molar-refractivity contribution >= 4 is 0 Å². The number of hydrogen-bond donors (Lipinski definition) is 1. The molecular weight excluding hydrogens is 222 g/mol. The second-order valence-electron chi connectivity index (χ2n) is 6.57. The maximum atomic E-state index is 6.04. The molecular formula is C15H29N3. The van der Waals surface area contributed by atoms with Crippen LogP contribution in [0.2, 0.25) is 0 Å². The minimum Gasteiger partial charge on any atom is -0.328 e. The number of nitrogens with two attached hydrogens (primary N) is 1. The van der Waals surface area contributed by atoms with Crippen molar-refractivity contribution in [3.8, 4) is 0 Å². The molecule has 1 unspecified atom stereocenters. The summed E-state index contributed by atoms with van der Waals surface area (Å²) < 4.78 is 0. The lowest BCUT2D eigenvalue weighted by Gasteiger charge is -2.39. The predicted molar refractivity (Wildman–Crippen MR) is 75.6 cm³/mol. The molecule has 3 rings (SSSR count). The number of nitrogens with zero attached hydrogens (tertiary/aromatic N) is 2. The fraction of sp³-hybridized carbons (Fsp3) is 1.00. The largest absolute Gasteiger partial charge is 0.328 e. The lowest BCUT2D eigenvalue weighted by atomic mass is 9.90. The molecule has 2 aliphatic carbocycles. The van der Waals surface area contributed by atoms with Gasteiger partial charge in [-0.3, -0.25) is 9.80 Å². The van der Waals surface area contributed by atoms with Gasteiger partial charge in [0.15, 0.2) is 0 Å². The Balaban J connectivity index is 1.55. The quantitative estimate of drug-likeness (QED) is 0.827. The molecule has 0 spiro atoms. The van der Waals surface area contributed by atoms with Crippen LogP contribution in [-0.4, -0.2) is 53.6 Å². The third kappa shape index (κ3) is 2.73. The fourth-order valence-corrected chi connectivity index (χ4v) is 4.06. The van der Waals surface area contributed by atoms with Crippen LogP contribution in [0.4, 0.5) is 0 Å². The Morgan fingerprint density at radius 1 is 1.00 bits per heavy atom. The number of likely N-dealkylation sites (tertiary alicyclic amines) is 1. The minimum absolute atomic E-state index is 0.478. The molecule has 1 atom stereocenters. The molecule has 0 aromatic heterocycles. The van der Waals surface area contributed by atoms with Crippen molar-refractivity contribution in [2.45, 2.75) is 76.0 Å². The van der Waals surface area contributed by atoms with Gasteiger partial charge in [0, 0.05) is 37.3 Å². The maximum absolute atomic E-state index is 6.04. The van der Waals surface area contributed by atoms with Gasteiger partial charge in [-0.2, -0.15) is 0 Å². The molecule has 18 heavy (non-hydrogen) atoms. The van der Waals surface area contributed by atoms with Gasteiger partial charge >= 0.3 is 0 Å². The summed E-state index contributed by atoms with van der Waals surface area (Å²) in [4.78, 5) is 5.54. The zero-order valence-electron chi connectivity index (χ0n) is 11.9. The highest BCUT2D eigenvalue weighted by Crippen LogP contribution is 2.33. The van der Waals surface area contributed by atoms with Crippen molar-refractivity contribution < 1.29 is 0 Å². The van der Waals surface area contributed by atoms with Crippen molar-refractivity contribution in [2.75, 3.05) is 19.6 Å². The van der Waals surface area contributed by atoms with Gasteiger partial charge in [-0.25, -0.2) is 0 Å². The molecule has 1 heterocycles. The van der Waals surface area contributed by atoms with Gasteiger partial charge in [0.1, 0.15) is 0 Å². The summed E-state index contributed by atoms with van der Waals surface area (Å²) in [5.41, 5.74) is 6.04. The van der Waals surface area contributed by atoms with E-state index in [1.165, 1.54) is 64.6 Å². The first-order chi connectivity index (χ1) is 8.78. The highest BCUT2D eigenvalue weighted by Gasteiger charge is 2.38. The summed E-state index contributed by atoms with van der Waals surface area (Å²) in [6.07, 6.45) is 9.44. The molecule has 3 heteroatoms. The standard InChI is InChI=1S/C15H29N3/c1-2-18(14-5-3-12(16)4-6-14)15-9-10-17(11-15)13-7-8-13/h12-15H,2-11,16H2,1H3. The van der Waals surface area contributed by atoms with Crippen LogP contribution < -0.4 is 5.73 Å². The molecule has 3 fully saturated rings. The van der Waals surface area contributed by atoms with Crippen LogP contribution in [0.15, 0.2) is 0 Å². The first-order valence-corrected chi connectivity index (χ1v) is 8.03. The van der Waals surface area contributed by atoms with Gasteiger partial charge in [-0.15, -0.1) is 0 Å². The maximum Gasteiger partial charge on any atom is 0.0238 e. The van der Waals surface area contributed by atoms with E-state index in [2.05, 4.69) is 16.7 Å². The Kier molecular flexibility index (Phi) is 3.92. The first kappa shape index (κ1) is 12.9. The molecule has 0 aromatic carbocycles. The summed E-state index contributed by atoms with van der Waals surface area (Å²) in [5.74, 6) is 0. The zero-order chi connectivity index (χ0) is 12.5. The van der Waals surface area contributed by atoms with Crippen LogP contribution in [0.1, 0.15) is 51.9 Å². The van der Waals surface area contributed by atoms with E-state index in [4.69, 9.17) is 5.73 Å². The molecule has 0 bridgehead atoms. The van der Waals surface area contributed by atoms with Crippen LogP contribution in [0.5, 0.6) is 0 Å². The molecule has 0 amide bonds. The lowest BCUT2D eigenvalue weighted by Crippen LogP contribution is -2.47. The highest BCUT2D eigenvalue weighted by molar-refractivity contribution is 4.94. The molecule has 2 saturated carbocycles. The van der Waals surface area contributed by atoms with E-state index in [9.17, 15) is 0 Å². The van der Waals surface area contributed by atoms with E-state index >= 15 is 0 Å². The Hall–Kier alpha value is -0.120. The van der Waals surface area contributed by atoms with Crippen molar-refractivity contribution in [2.24, 2.45) is 5.73 Å². The zero-order valence-corrected chi connectivity index (χ0v) is 11.9. The molecule has 3 nitrogen and oxygen atoms in total. The third-order valence-electron chi connectivity index (χ3n) is 5.30. The van der Waals surface area contributed by atoms with Crippen LogP contribution in [-0.2, 0) is 0 Å². The number of likely N-dealkylation sites (N-methyl/N-ethyl adjacent to an activating group) is 1. The van der Waals surface area contributed by atoms with E-state index in [1.54, 1.807) is 0 Å². The van der Waals surface area contributed by atoms with Crippen LogP contribution in [0.25, 0.3) is 0 Å². The highest BCUT2D eigenvalue weighted by atomic mass is 15.3. The second kappa shape index (κ2) is 5.48. The SMILES string of the molecule is CCN(C1CCC(N)CC1)C1CCN(C2CC2)C1.